The third-order valence-corrected chi connectivity index (χ3v) is 2.63. The lowest BCUT2D eigenvalue weighted by Crippen LogP contribution is -2.37. The number of halogens is 1. The Morgan fingerprint density at radius 2 is 1.95 bits per heavy atom. The molecule has 0 aliphatic rings. The Morgan fingerprint density at radius 3 is 2.52 bits per heavy atom. The van der Waals surface area contributed by atoms with Crippen molar-refractivity contribution in [1.29, 1.82) is 0 Å². The third kappa shape index (κ3) is 6.70. The standard InChI is InChI=1S/C15H23N3O2.HI/c1-5-9-17-15(16-6-2)18-11-12-7-8-13(19-3)14(10-12)20-4;/h5,7-8,10H,1,6,9,11H2,2-4H3,(H2,16,17,18);1H. The first-order valence-corrected chi connectivity index (χ1v) is 6.59. The molecule has 0 bridgehead atoms. The molecule has 0 saturated carbocycles. The Labute approximate surface area is 143 Å². The lowest BCUT2D eigenvalue weighted by Gasteiger charge is -2.11. The van der Waals surface area contributed by atoms with Crippen LogP contribution in [0.1, 0.15) is 12.5 Å². The summed E-state index contributed by atoms with van der Waals surface area (Å²) in [5.41, 5.74) is 1.05. The maximum atomic E-state index is 5.28. The van der Waals surface area contributed by atoms with Gasteiger partial charge in [-0.2, -0.15) is 0 Å². The first-order valence-electron chi connectivity index (χ1n) is 6.59. The molecule has 5 nitrogen and oxygen atoms in total. The summed E-state index contributed by atoms with van der Waals surface area (Å²) in [6.07, 6.45) is 1.79. The molecule has 0 amide bonds. The van der Waals surface area contributed by atoms with Crippen molar-refractivity contribution < 1.29 is 9.47 Å². The van der Waals surface area contributed by atoms with Gasteiger partial charge in [0.1, 0.15) is 0 Å². The highest BCUT2D eigenvalue weighted by Crippen LogP contribution is 2.27. The second-order valence-electron chi connectivity index (χ2n) is 4.05. The van der Waals surface area contributed by atoms with E-state index in [1.165, 1.54) is 0 Å². The Kier molecular flexibility index (Phi) is 10.5. The molecular formula is C15H24IN3O2. The molecule has 0 fully saturated rings. The molecule has 0 heterocycles. The predicted octanol–water partition coefficient (Wildman–Crippen LogP) is 2.56. The average molecular weight is 405 g/mol. The number of guanidine groups is 1. The number of ether oxygens (including phenoxy) is 2. The third-order valence-electron chi connectivity index (χ3n) is 2.63. The van der Waals surface area contributed by atoms with E-state index in [4.69, 9.17) is 9.47 Å². The van der Waals surface area contributed by atoms with E-state index in [0.29, 0.717) is 18.8 Å². The van der Waals surface area contributed by atoms with Gasteiger partial charge in [0, 0.05) is 13.1 Å². The number of aliphatic imine (C=N–C) groups is 1. The van der Waals surface area contributed by atoms with Crippen LogP contribution in [0.2, 0.25) is 0 Å². The molecule has 0 aliphatic heterocycles. The van der Waals surface area contributed by atoms with Gasteiger partial charge in [0.15, 0.2) is 17.5 Å². The molecular weight excluding hydrogens is 381 g/mol. The van der Waals surface area contributed by atoms with E-state index in [1.54, 1.807) is 20.3 Å². The fourth-order valence-electron chi connectivity index (χ4n) is 1.66. The SMILES string of the molecule is C=CCNC(=NCc1ccc(OC)c(OC)c1)NCC.I. The van der Waals surface area contributed by atoms with Gasteiger partial charge in [-0.3, -0.25) is 0 Å². The number of nitrogens with zero attached hydrogens (tertiary/aromatic N) is 1. The Balaban J connectivity index is 0.00000400. The van der Waals surface area contributed by atoms with Crippen molar-refractivity contribution in [2.24, 2.45) is 4.99 Å². The minimum Gasteiger partial charge on any atom is -0.493 e. The lowest BCUT2D eigenvalue weighted by atomic mass is 10.2. The van der Waals surface area contributed by atoms with E-state index in [1.807, 2.05) is 25.1 Å². The number of nitrogens with one attached hydrogen (secondary N) is 2. The molecule has 118 valence electrons. The molecule has 0 saturated heterocycles. The zero-order chi connectivity index (χ0) is 14.8. The van der Waals surface area contributed by atoms with Crippen LogP contribution in [-0.4, -0.2) is 33.3 Å². The van der Waals surface area contributed by atoms with E-state index in [9.17, 15) is 0 Å². The highest BCUT2D eigenvalue weighted by atomic mass is 127. The molecule has 0 radical (unpaired) electrons. The molecule has 1 aromatic carbocycles. The van der Waals surface area contributed by atoms with Crippen LogP contribution in [0.15, 0.2) is 35.8 Å². The van der Waals surface area contributed by atoms with Crippen LogP contribution in [0.3, 0.4) is 0 Å². The van der Waals surface area contributed by atoms with Gasteiger partial charge in [0.05, 0.1) is 20.8 Å². The largest absolute Gasteiger partial charge is 0.493 e. The van der Waals surface area contributed by atoms with Crippen LogP contribution < -0.4 is 20.1 Å². The normalized spacial score (nSPS) is 10.3. The van der Waals surface area contributed by atoms with Gasteiger partial charge in [-0.1, -0.05) is 12.1 Å². The van der Waals surface area contributed by atoms with Gasteiger partial charge in [-0.25, -0.2) is 4.99 Å². The predicted molar refractivity (Wildman–Crippen MR) is 98.0 cm³/mol. The van der Waals surface area contributed by atoms with Crippen molar-refractivity contribution in [2.45, 2.75) is 13.5 Å². The van der Waals surface area contributed by atoms with Crippen LogP contribution in [0.25, 0.3) is 0 Å². The first kappa shape index (κ1) is 19.6. The smallest absolute Gasteiger partial charge is 0.191 e. The summed E-state index contributed by atoms with van der Waals surface area (Å²) in [5.74, 6) is 2.20. The maximum absolute atomic E-state index is 5.28. The van der Waals surface area contributed by atoms with Crippen LogP contribution in [0, 0.1) is 0 Å². The zero-order valence-electron chi connectivity index (χ0n) is 12.8. The minimum atomic E-state index is 0. The van der Waals surface area contributed by atoms with Gasteiger partial charge in [0.25, 0.3) is 0 Å². The molecule has 1 aromatic rings. The molecule has 0 atom stereocenters. The molecule has 0 aromatic heterocycles. The number of hydrogen-bond donors (Lipinski definition) is 2. The number of hydrogen-bond acceptors (Lipinski definition) is 3. The van der Waals surface area contributed by atoms with Gasteiger partial charge in [-0.15, -0.1) is 30.6 Å². The summed E-state index contributed by atoms with van der Waals surface area (Å²) in [6.45, 7) is 7.76. The summed E-state index contributed by atoms with van der Waals surface area (Å²) in [5, 5.41) is 6.33. The Hall–Kier alpha value is -1.44. The second-order valence-corrected chi connectivity index (χ2v) is 4.05. The van der Waals surface area contributed by atoms with E-state index in [0.717, 1.165) is 23.8 Å². The Morgan fingerprint density at radius 1 is 1.24 bits per heavy atom. The average Bonchev–Trinajstić information content (AvgIpc) is 2.49. The summed E-state index contributed by atoms with van der Waals surface area (Å²) in [7, 11) is 3.25. The van der Waals surface area contributed by atoms with Crippen molar-refractivity contribution >= 4 is 29.9 Å². The quantitative estimate of drug-likeness (QED) is 0.317. The lowest BCUT2D eigenvalue weighted by molar-refractivity contribution is 0.354. The highest BCUT2D eigenvalue weighted by Gasteiger charge is 2.04. The van der Waals surface area contributed by atoms with Crippen LogP contribution >= 0.6 is 24.0 Å². The summed E-state index contributed by atoms with van der Waals surface area (Å²) < 4.78 is 10.5. The van der Waals surface area contributed by atoms with E-state index < -0.39 is 0 Å². The molecule has 21 heavy (non-hydrogen) atoms. The minimum absolute atomic E-state index is 0. The number of methoxy groups -OCH3 is 2. The van der Waals surface area contributed by atoms with Gasteiger partial charge < -0.3 is 20.1 Å². The highest BCUT2D eigenvalue weighted by molar-refractivity contribution is 14.0. The van der Waals surface area contributed by atoms with Crippen molar-refractivity contribution in [1.82, 2.24) is 10.6 Å². The molecule has 1 rings (SSSR count). The van der Waals surface area contributed by atoms with Gasteiger partial charge in [0.2, 0.25) is 0 Å². The summed E-state index contributed by atoms with van der Waals surface area (Å²) in [4.78, 5) is 4.50. The number of rotatable bonds is 7. The fourth-order valence-corrected chi connectivity index (χ4v) is 1.66. The van der Waals surface area contributed by atoms with E-state index in [2.05, 4.69) is 22.2 Å². The Bertz CT molecular complexity index is 464. The second kappa shape index (κ2) is 11.2. The molecule has 6 heteroatoms. The van der Waals surface area contributed by atoms with E-state index >= 15 is 0 Å². The van der Waals surface area contributed by atoms with Crippen LogP contribution in [0.4, 0.5) is 0 Å². The van der Waals surface area contributed by atoms with Crippen molar-refractivity contribution in [3.05, 3.63) is 36.4 Å². The number of benzene rings is 1. The van der Waals surface area contributed by atoms with E-state index in [-0.39, 0.29) is 24.0 Å². The molecule has 0 unspecified atom stereocenters. The van der Waals surface area contributed by atoms with Crippen molar-refractivity contribution in [3.63, 3.8) is 0 Å². The van der Waals surface area contributed by atoms with Gasteiger partial charge >= 0.3 is 0 Å². The molecule has 2 N–H and O–H groups in total. The van der Waals surface area contributed by atoms with Crippen LogP contribution in [-0.2, 0) is 6.54 Å². The zero-order valence-corrected chi connectivity index (χ0v) is 15.1. The molecule has 0 spiro atoms. The first-order chi connectivity index (χ1) is 9.74. The fraction of sp³-hybridized carbons (Fsp3) is 0.400. The van der Waals surface area contributed by atoms with Crippen molar-refractivity contribution in [2.75, 3.05) is 27.3 Å². The summed E-state index contributed by atoms with van der Waals surface area (Å²) in [6, 6.07) is 5.79. The maximum Gasteiger partial charge on any atom is 0.191 e. The molecule has 0 aliphatic carbocycles. The van der Waals surface area contributed by atoms with Crippen LogP contribution in [0.5, 0.6) is 11.5 Å². The van der Waals surface area contributed by atoms with Crippen molar-refractivity contribution in [3.8, 4) is 11.5 Å². The monoisotopic (exact) mass is 405 g/mol. The summed E-state index contributed by atoms with van der Waals surface area (Å²) >= 11 is 0. The van der Waals surface area contributed by atoms with Gasteiger partial charge in [-0.05, 0) is 24.6 Å². The topological polar surface area (TPSA) is 54.9 Å².